The SMILES string of the molecule is CC(C)[C@@H](C)NC(=O)[C@H]1CCCN(S(=O)(=O)c2ccc(F)cc2)C1. The number of hydrogen-bond donors (Lipinski definition) is 1. The highest BCUT2D eigenvalue weighted by Crippen LogP contribution is 2.24. The summed E-state index contributed by atoms with van der Waals surface area (Å²) < 4.78 is 39.7. The van der Waals surface area contributed by atoms with Crippen molar-refractivity contribution in [2.75, 3.05) is 13.1 Å². The first-order valence-electron chi connectivity index (χ1n) is 8.28. The van der Waals surface area contributed by atoms with Gasteiger partial charge in [0.2, 0.25) is 15.9 Å². The number of nitrogens with one attached hydrogen (secondary N) is 1. The Kier molecular flexibility index (Phi) is 5.98. The second-order valence-electron chi connectivity index (χ2n) is 6.70. The monoisotopic (exact) mass is 356 g/mol. The number of sulfonamides is 1. The molecule has 1 N–H and O–H groups in total. The number of nitrogens with zero attached hydrogens (tertiary/aromatic N) is 1. The highest BCUT2D eigenvalue weighted by Gasteiger charge is 2.33. The maximum atomic E-state index is 13.0. The van der Waals surface area contributed by atoms with Crippen LogP contribution in [0.1, 0.15) is 33.6 Å². The molecule has 24 heavy (non-hydrogen) atoms. The summed E-state index contributed by atoms with van der Waals surface area (Å²) >= 11 is 0. The van der Waals surface area contributed by atoms with Gasteiger partial charge in [-0.25, -0.2) is 12.8 Å². The standard InChI is InChI=1S/C17H25FN2O3S/c1-12(2)13(3)19-17(21)14-5-4-10-20(11-14)24(22,23)16-8-6-15(18)7-9-16/h6-9,12-14H,4-5,10-11H2,1-3H3,(H,19,21)/t13-,14+/m1/s1. The molecule has 1 aromatic carbocycles. The minimum absolute atomic E-state index is 0.0431. The number of rotatable bonds is 5. The molecule has 1 heterocycles. The van der Waals surface area contributed by atoms with Crippen LogP contribution in [-0.2, 0) is 14.8 Å². The fourth-order valence-electron chi connectivity index (χ4n) is 2.64. The summed E-state index contributed by atoms with van der Waals surface area (Å²) in [6.45, 7) is 6.53. The number of piperidine rings is 1. The summed E-state index contributed by atoms with van der Waals surface area (Å²) in [5.41, 5.74) is 0. The third-order valence-corrected chi connectivity index (χ3v) is 6.46. The zero-order chi connectivity index (χ0) is 17.9. The van der Waals surface area contributed by atoms with Crippen molar-refractivity contribution in [2.24, 2.45) is 11.8 Å². The first-order valence-corrected chi connectivity index (χ1v) is 9.72. The molecule has 134 valence electrons. The summed E-state index contributed by atoms with van der Waals surface area (Å²) in [6, 6.07) is 4.82. The molecule has 1 aliphatic rings. The van der Waals surface area contributed by atoms with Gasteiger partial charge in [-0.05, 0) is 49.9 Å². The lowest BCUT2D eigenvalue weighted by atomic mass is 9.97. The van der Waals surface area contributed by atoms with E-state index in [2.05, 4.69) is 5.32 Å². The van der Waals surface area contributed by atoms with Crippen LogP contribution in [0.2, 0.25) is 0 Å². The van der Waals surface area contributed by atoms with Crippen LogP contribution in [0.25, 0.3) is 0 Å². The predicted octanol–water partition coefficient (Wildman–Crippen LogP) is 2.39. The van der Waals surface area contributed by atoms with Crippen LogP contribution >= 0.6 is 0 Å². The van der Waals surface area contributed by atoms with Crippen LogP contribution in [0.3, 0.4) is 0 Å². The second kappa shape index (κ2) is 7.61. The largest absolute Gasteiger partial charge is 0.353 e. The number of amides is 1. The van der Waals surface area contributed by atoms with E-state index in [-0.39, 0.29) is 29.3 Å². The molecule has 0 spiro atoms. The van der Waals surface area contributed by atoms with Crippen molar-refractivity contribution >= 4 is 15.9 Å². The molecule has 0 radical (unpaired) electrons. The Morgan fingerprint density at radius 1 is 1.25 bits per heavy atom. The second-order valence-corrected chi connectivity index (χ2v) is 8.64. The van der Waals surface area contributed by atoms with E-state index < -0.39 is 15.8 Å². The number of halogens is 1. The average molecular weight is 356 g/mol. The quantitative estimate of drug-likeness (QED) is 0.881. The minimum Gasteiger partial charge on any atom is -0.353 e. The Morgan fingerprint density at radius 3 is 2.46 bits per heavy atom. The van der Waals surface area contributed by atoms with Crippen molar-refractivity contribution in [3.63, 3.8) is 0 Å². The van der Waals surface area contributed by atoms with Gasteiger partial charge in [0.25, 0.3) is 0 Å². The topological polar surface area (TPSA) is 66.5 Å². The van der Waals surface area contributed by atoms with E-state index in [4.69, 9.17) is 0 Å². The van der Waals surface area contributed by atoms with Crippen LogP contribution in [0.4, 0.5) is 4.39 Å². The zero-order valence-electron chi connectivity index (χ0n) is 14.3. The lowest BCUT2D eigenvalue weighted by Crippen LogP contribution is -2.47. The van der Waals surface area contributed by atoms with Crippen molar-refractivity contribution in [1.82, 2.24) is 9.62 Å². The van der Waals surface area contributed by atoms with Gasteiger partial charge in [0.1, 0.15) is 5.82 Å². The fourth-order valence-corrected chi connectivity index (χ4v) is 4.16. The van der Waals surface area contributed by atoms with Gasteiger partial charge in [0, 0.05) is 19.1 Å². The molecule has 2 rings (SSSR count). The molecule has 1 amide bonds. The molecule has 7 heteroatoms. The molecular formula is C17H25FN2O3S. The maximum absolute atomic E-state index is 13.0. The molecule has 2 atom stereocenters. The first kappa shape index (κ1) is 18.9. The number of carbonyl (C=O) groups excluding carboxylic acids is 1. The van der Waals surface area contributed by atoms with Gasteiger partial charge in [-0.1, -0.05) is 13.8 Å². The van der Waals surface area contributed by atoms with Crippen molar-refractivity contribution in [3.05, 3.63) is 30.1 Å². The third kappa shape index (κ3) is 4.33. The predicted molar refractivity (Wildman–Crippen MR) is 90.3 cm³/mol. The van der Waals surface area contributed by atoms with Crippen LogP contribution in [0.5, 0.6) is 0 Å². The van der Waals surface area contributed by atoms with E-state index in [0.717, 1.165) is 12.1 Å². The molecule has 1 aliphatic heterocycles. The highest BCUT2D eigenvalue weighted by molar-refractivity contribution is 7.89. The summed E-state index contributed by atoms with van der Waals surface area (Å²) in [5.74, 6) is -0.616. The van der Waals surface area contributed by atoms with E-state index in [1.54, 1.807) is 0 Å². The van der Waals surface area contributed by atoms with Crippen molar-refractivity contribution in [3.8, 4) is 0 Å². The van der Waals surface area contributed by atoms with Crippen molar-refractivity contribution < 1.29 is 17.6 Å². The lowest BCUT2D eigenvalue weighted by molar-refractivity contribution is -0.127. The van der Waals surface area contributed by atoms with Crippen LogP contribution in [0.15, 0.2) is 29.2 Å². The normalized spacial score (nSPS) is 20.8. The van der Waals surface area contributed by atoms with E-state index in [0.29, 0.717) is 25.3 Å². The summed E-state index contributed by atoms with van der Waals surface area (Å²) in [5, 5.41) is 2.96. The minimum atomic E-state index is -3.70. The highest BCUT2D eigenvalue weighted by atomic mass is 32.2. The van der Waals surface area contributed by atoms with Crippen LogP contribution in [-0.4, -0.2) is 37.8 Å². The van der Waals surface area contributed by atoms with Gasteiger partial charge in [-0.15, -0.1) is 0 Å². The molecule has 0 aromatic heterocycles. The van der Waals surface area contributed by atoms with Gasteiger partial charge >= 0.3 is 0 Å². The Labute approximate surface area is 143 Å². The average Bonchev–Trinajstić information content (AvgIpc) is 2.55. The van der Waals surface area contributed by atoms with Crippen molar-refractivity contribution in [1.29, 1.82) is 0 Å². The fraction of sp³-hybridized carbons (Fsp3) is 0.588. The number of benzene rings is 1. The summed E-state index contributed by atoms with van der Waals surface area (Å²) in [4.78, 5) is 12.4. The lowest BCUT2D eigenvalue weighted by Gasteiger charge is -2.32. The van der Waals surface area contributed by atoms with Gasteiger partial charge in [-0.3, -0.25) is 4.79 Å². The number of carbonyl (C=O) groups is 1. The molecule has 1 aromatic rings. The first-order chi connectivity index (χ1) is 11.2. The Balaban J connectivity index is 2.09. The van der Waals surface area contributed by atoms with Gasteiger partial charge < -0.3 is 5.32 Å². The van der Waals surface area contributed by atoms with Crippen LogP contribution in [0, 0.1) is 17.7 Å². The Bertz CT molecular complexity index is 674. The Hall–Kier alpha value is -1.47. The molecule has 0 bridgehead atoms. The summed E-state index contributed by atoms with van der Waals surface area (Å²) in [7, 11) is -3.70. The smallest absolute Gasteiger partial charge is 0.243 e. The number of hydrogen-bond acceptors (Lipinski definition) is 3. The molecular weight excluding hydrogens is 331 g/mol. The Morgan fingerprint density at radius 2 is 1.88 bits per heavy atom. The maximum Gasteiger partial charge on any atom is 0.243 e. The molecule has 0 aliphatic carbocycles. The molecule has 0 saturated carbocycles. The van der Waals surface area contributed by atoms with Crippen LogP contribution < -0.4 is 5.32 Å². The molecule has 1 saturated heterocycles. The van der Waals surface area contributed by atoms with Gasteiger partial charge in [0.15, 0.2) is 0 Å². The van der Waals surface area contributed by atoms with E-state index in [1.165, 1.54) is 16.4 Å². The van der Waals surface area contributed by atoms with E-state index >= 15 is 0 Å². The van der Waals surface area contributed by atoms with Gasteiger partial charge in [0.05, 0.1) is 10.8 Å². The zero-order valence-corrected chi connectivity index (χ0v) is 15.1. The third-order valence-electron chi connectivity index (χ3n) is 4.58. The summed E-state index contributed by atoms with van der Waals surface area (Å²) in [6.07, 6.45) is 1.31. The molecule has 1 fully saturated rings. The van der Waals surface area contributed by atoms with Crippen molar-refractivity contribution in [2.45, 2.75) is 44.6 Å². The van der Waals surface area contributed by atoms with E-state index in [9.17, 15) is 17.6 Å². The van der Waals surface area contributed by atoms with Gasteiger partial charge in [-0.2, -0.15) is 4.31 Å². The van der Waals surface area contributed by atoms with E-state index in [1.807, 2.05) is 20.8 Å². The molecule has 5 nitrogen and oxygen atoms in total. The molecule has 0 unspecified atom stereocenters.